The molecule has 0 radical (unpaired) electrons. The molecule has 7 atom stereocenters. The molecule has 0 amide bonds. The van der Waals surface area contributed by atoms with Crippen LogP contribution in [0.15, 0.2) is 36.5 Å². The molecule has 0 aromatic heterocycles. The van der Waals surface area contributed by atoms with Crippen molar-refractivity contribution >= 4 is 11.8 Å². The van der Waals surface area contributed by atoms with Gasteiger partial charge in [-0.25, -0.2) is 4.79 Å². The Morgan fingerprint density at radius 3 is 2.78 bits per heavy atom. The van der Waals surface area contributed by atoms with Crippen molar-refractivity contribution in [1.29, 1.82) is 0 Å². The van der Waals surface area contributed by atoms with Gasteiger partial charge in [0.15, 0.2) is 5.78 Å². The SMILES string of the molecule is C=C[C@@H]1CC2=CC(=O)CC[C@@H]2[C@H]2CC[C@@]3(C)[C@@H](CC[C@@]3(O)/C=C\C(=O)O)[C@@H]21. The minimum Gasteiger partial charge on any atom is -0.478 e. The van der Waals surface area contributed by atoms with Crippen molar-refractivity contribution in [2.45, 2.75) is 57.5 Å². The fourth-order valence-electron chi connectivity index (χ4n) is 7.06. The molecule has 0 bridgehead atoms. The van der Waals surface area contributed by atoms with Gasteiger partial charge in [0.25, 0.3) is 0 Å². The van der Waals surface area contributed by atoms with E-state index in [1.807, 2.05) is 6.08 Å². The lowest BCUT2D eigenvalue weighted by atomic mass is 9.48. The van der Waals surface area contributed by atoms with E-state index in [2.05, 4.69) is 19.6 Å². The Morgan fingerprint density at radius 1 is 1.30 bits per heavy atom. The lowest BCUT2D eigenvalue weighted by Crippen LogP contribution is -2.53. The first-order valence-electron chi connectivity index (χ1n) is 10.3. The third-order valence-electron chi connectivity index (χ3n) is 8.41. The molecule has 0 saturated heterocycles. The van der Waals surface area contributed by atoms with E-state index in [1.54, 1.807) is 0 Å². The Bertz CT molecular complexity index is 735. The maximum absolute atomic E-state index is 11.9. The van der Waals surface area contributed by atoms with Crippen LogP contribution in [-0.4, -0.2) is 27.6 Å². The second kappa shape index (κ2) is 6.44. The second-order valence-corrected chi connectivity index (χ2v) is 9.37. The molecule has 146 valence electrons. The topological polar surface area (TPSA) is 74.6 Å². The number of hydrogen-bond acceptors (Lipinski definition) is 3. The van der Waals surface area contributed by atoms with Crippen LogP contribution in [-0.2, 0) is 9.59 Å². The summed E-state index contributed by atoms with van der Waals surface area (Å²) in [6, 6.07) is 0. The average Bonchev–Trinajstić information content (AvgIpc) is 2.90. The molecule has 0 spiro atoms. The normalized spacial score (nSPS) is 46.4. The summed E-state index contributed by atoms with van der Waals surface area (Å²) in [7, 11) is 0. The molecule has 4 rings (SSSR count). The molecular weight excluding hydrogens is 340 g/mol. The van der Waals surface area contributed by atoms with Gasteiger partial charge in [-0.1, -0.05) is 18.6 Å². The molecule has 4 aliphatic rings. The predicted octanol–water partition coefficient (Wildman–Crippen LogP) is 3.91. The molecule has 2 N–H and O–H groups in total. The molecule has 0 aromatic carbocycles. The number of carboxylic acids is 1. The smallest absolute Gasteiger partial charge is 0.328 e. The average molecular weight is 370 g/mol. The summed E-state index contributed by atoms with van der Waals surface area (Å²) >= 11 is 0. The molecule has 4 heteroatoms. The lowest BCUT2D eigenvalue weighted by molar-refractivity contribution is -0.132. The number of ketones is 1. The van der Waals surface area contributed by atoms with E-state index in [0.29, 0.717) is 42.4 Å². The predicted molar refractivity (Wildman–Crippen MR) is 103 cm³/mol. The first-order chi connectivity index (χ1) is 12.8. The minimum atomic E-state index is -1.05. The summed E-state index contributed by atoms with van der Waals surface area (Å²) in [4.78, 5) is 23.0. The summed E-state index contributed by atoms with van der Waals surface area (Å²) in [5, 5.41) is 20.4. The summed E-state index contributed by atoms with van der Waals surface area (Å²) in [5.74, 6) is 1.45. The van der Waals surface area contributed by atoms with E-state index >= 15 is 0 Å². The van der Waals surface area contributed by atoms with Crippen molar-refractivity contribution in [2.75, 3.05) is 0 Å². The first kappa shape index (κ1) is 18.7. The number of carbonyl (C=O) groups excluding carboxylic acids is 1. The Kier molecular flexibility index (Phi) is 4.45. The van der Waals surface area contributed by atoms with Crippen molar-refractivity contribution in [1.82, 2.24) is 0 Å². The van der Waals surface area contributed by atoms with Crippen molar-refractivity contribution in [3.63, 3.8) is 0 Å². The van der Waals surface area contributed by atoms with Crippen molar-refractivity contribution in [3.05, 3.63) is 36.5 Å². The van der Waals surface area contributed by atoms with Gasteiger partial charge < -0.3 is 10.2 Å². The van der Waals surface area contributed by atoms with Gasteiger partial charge >= 0.3 is 5.97 Å². The minimum absolute atomic E-state index is 0.261. The van der Waals surface area contributed by atoms with Gasteiger partial charge in [0.1, 0.15) is 0 Å². The highest BCUT2D eigenvalue weighted by atomic mass is 16.4. The molecule has 0 heterocycles. The van der Waals surface area contributed by atoms with Crippen molar-refractivity contribution in [3.8, 4) is 0 Å². The maximum atomic E-state index is 11.9. The number of carbonyl (C=O) groups is 2. The van der Waals surface area contributed by atoms with Gasteiger partial charge in [-0.3, -0.25) is 4.79 Å². The zero-order valence-electron chi connectivity index (χ0n) is 16.1. The van der Waals surface area contributed by atoms with Crippen LogP contribution in [0.25, 0.3) is 0 Å². The van der Waals surface area contributed by atoms with E-state index < -0.39 is 11.6 Å². The molecule has 27 heavy (non-hydrogen) atoms. The molecule has 4 nitrogen and oxygen atoms in total. The summed E-state index contributed by atoms with van der Waals surface area (Å²) < 4.78 is 0. The Balaban J connectivity index is 1.69. The molecule has 4 aliphatic carbocycles. The number of allylic oxidation sites excluding steroid dienone is 2. The largest absolute Gasteiger partial charge is 0.478 e. The molecule has 0 unspecified atom stereocenters. The zero-order chi connectivity index (χ0) is 19.4. The van der Waals surface area contributed by atoms with E-state index in [4.69, 9.17) is 5.11 Å². The third-order valence-corrected chi connectivity index (χ3v) is 8.41. The van der Waals surface area contributed by atoms with Crippen LogP contribution in [0.4, 0.5) is 0 Å². The van der Waals surface area contributed by atoms with Gasteiger partial charge in [-0.2, -0.15) is 0 Å². The standard InChI is InChI=1S/C23H30O4/c1-3-14-12-15-13-16(24)4-5-17(15)18-6-9-22(2)19(21(14)18)7-10-23(22,27)11-8-20(25)26/h3,8,11,13-14,17-19,21,27H,1,4-7,9-10,12H2,2H3,(H,25,26)/b11-8-/t14-,17+,18-,19+,21-,22+,23-/m1/s1. The van der Waals surface area contributed by atoms with Crippen LogP contribution in [0.5, 0.6) is 0 Å². The van der Waals surface area contributed by atoms with Crippen molar-refractivity contribution in [2.24, 2.45) is 35.0 Å². The highest BCUT2D eigenvalue weighted by Gasteiger charge is 2.62. The van der Waals surface area contributed by atoms with E-state index in [0.717, 1.165) is 38.2 Å². The molecule has 3 fully saturated rings. The van der Waals surface area contributed by atoms with Crippen molar-refractivity contribution < 1.29 is 19.8 Å². The van der Waals surface area contributed by atoms with Crippen LogP contribution < -0.4 is 0 Å². The highest BCUT2D eigenvalue weighted by molar-refractivity contribution is 5.91. The van der Waals surface area contributed by atoms with Gasteiger partial charge in [-0.05, 0) is 80.3 Å². The van der Waals surface area contributed by atoms with Crippen LogP contribution in [0, 0.1) is 35.0 Å². The zero-order valence-corrected chi connectivity index (χ0v) is 16.1. The Morgan fingerprint density at radius 2 is 2.07 bits per heavy atom. The fraction of sp³-hybridized carbons (Fsp3) is 0.652. The lowest BCUT2D eigenvalue weighted by Gasteiger charge is -2.57. The number of aliphatic hydroxyl groups is 1. The summed E-state index contributed by atoms with van der Waals surface area (Å²) in [6.07, 6.45) is 12.6. The Hall–Kier alpha value is -1.68. The second-order valence-electron chi connectivity index (χ2n) is 9.37. The van der Waals surface area contributed by atoms with Gasteiger partial charge in [-0.15, -0.1) is 6.58 Å². The number of hydrogen-bond donors (Lipinski definition) is 2. The summed E-state index contributed by atoms with van der Waals surface area (Å²) in [6.45, 7) is 6.25. The molecule has 3 saturated carbocycles. The molecule has 0 aliphatic heterocycles. The first-order valence-corrected chi connectivity index (χ1v) is 10.3. The molecular formula is C23H30O4. The number of aliphatic carboxylic acids is 1. The van der Waals surface area contributed by atoms with Crippen LogP contribution >= 0.6 is 0 Å². The van der Waals surface area contributed by atoms with Crippen LogP contribution in [0.2, 0.25) is 0 Å². The highest BCUT2D eigenvalue weighted by Crippen LogP contribution is 2.66. The number of fused-ring (bicyclic) bond motifs is 5. The number of rotatable bonds is 3. The molecule has 0 aromatic rings. The number of carboxylic acid groups (broad SMARTS) is 1. The van der Waals surface area contributed by atoms with E-state index in [9.17, 15) is 14.7 Å². The third kappa shape index (κ3) is 2.75. The van der Waals surface area contributed by atoms with Crippen LogP contribution in [0.3, 0.4) is 0 Å². The maximum Gasteiger partial charge on any atom is 0.328 e. The van der Waals surface area contributed by atoms with E-state index in [-0.39, 0.29) is 11.2 Å². The van der Waals surface area contributed by atoms with Crippen LogP contribution in [0.1, 0.15) is 51.9 Å². The fourth-order valence-corrected chi connectivity index (χ4v) is 7.06. The van der Waals surface area contributed by atoms with Gasteiger partial charge in [0.2, 0.25) is 0 Å². The van der Waals surface area contributed by atoms with E-state index in [1.165, 1.54) is 11.6 Å². The quantitative estimate of drug-likeness (QED) is 0.583. The monoisotopic (exact) mass is 370 g/mol. The van der Waals surface area contributed by atoms with Gasteiger partial charge in [0.05, 0.1) is 5.60 Å². The summed E-state index contributed by atoms with van der Waals surface area (Å²) in [5.41, 5.74) is -0.0293. The Labute approximate surface area is 161 Å². The van der Waals surface area contributed by atoms with Gasteiger partial charge in [0, 0.05) is 17.9 Å².